The number of nitrogens with zero attached hydrogens (tertiary/aromatic N) is 3. The van der Waals surface area contributed by atoms with Gasteiger partial charge in [-0.05, 0) is 16.7 Å². The van der Waals surface area contributed by atoms with Crippen LogP contribution in [0.3, 0.4) is 0 Å². The lowest BCUT2D eigenvalue weighted by molar-refractivity contribution is -0.153. The average molecular weight is 411 g/mol. The molecule has 4 atom stereocenters. The molecule has 1 heterocycles. The molecule has 2 aromatic rings. The summed E-state index contributed by atoms with van der Waals surface area (Å²) in [4.78, 5) is 27.3. The monoisotopic (exact) mass is 411 g/mol. The van der Waals surface area contributed by atoms with Crippen LogP contribution >= 0.6 is 0 Å². The molecule has 0 amide bonds. The maximum absolute atomic E-state index is 12.5. The highest BCUT2D eigenvalue weighted by Crippen LogP contribution is 2.28. The van der Waals surface area contributed by atoms with E-state index >= 15 is 0 Å². The Morgan fingerprint density at radius 3 is 2.17 bits per heavy atom. The highest BCUT2D eigenvalue weighted by atomic mass is 16.6. The van der Waals surface area contributed by atoms with Crippen molar-refractivity contribution in [3.05, 3.63) is 82.2 Å². The first-order valence-electron chi connectivity index (χ1n) is 9.27. The smallest absolute Gasteiger partial charge is 0.338 e. The molecular weight excluding hydrogens is 390 g/mol. The third-order valence-corrected chi connectivity index (χ3v) is 4.59. The number of rotatable bonds is 9. The van der Waals surface area contributed by atoms with Crippen LogP contribution in [0.5, 0.6) is 0 Å². The summed E-state index contributed by atoms with van der Waals surface area (Å²) in [6, 6.07) is 17.2. The first kappa shape index (κ1) is 21.3. The largest absolute Gasteiger partial charge is 0.469 e. The number of carbonyl (C=O) groups excluding carboxylic acids is 2. The SMILES string of the molecule is COC(=O)[C@@H](N=[N+]=[N-])[C@@H]1OC(=O)[C@H](OCc2ccccc2)[C@H]1OCc1ccccc1. The molecule has 0 aliphatic carbocycles. The van der Waals surface area contributed by atoms with E-state index in [1.54, 1.807) is 0 Å². The molecule has 9 nitrogen and oxygen atoms in total. The summed E-state index contributed by atoms with van der Waals surface area (Å²) < 4.78 is 21.8. The van der Waals surface area contributed by atoms with E-state index in [1.807, 2.05) is 60.7 Å². The minimum absolute atomic E-state index is 0.142. The number of cyclic esters (lactones) is 1. The quantitative estimate of drug-likeness (QED) is 0.271. The Bertz CT molecular complexity index is 901. The van der Waals surface area contributed by atoms with Gasteiger partial charge < -0.3 is 18.9 Å². The third-order valence-electron chi connectivity index (χ3n) is 4.59. The maximum Gasteiger partial charge on any atom is 0.338 e. The molecule has 0 aromatic heterocycles. The summed E-state index contributed by atoms with van der Waals surface area (Å²) >= 11 is 0. The maximum atomic E-state index is 12.5. The van der Waals surface area contributed by atoms with E-state index in [2.05, 4.69) is 10.0 Å². The van der Waals surface area contributed by atoms with Crippen LogP contribution in [0.15, 0.2) is 65.8 Å². The van der Waals surface area contributed by atoms with E-state index in [1.165, 1.54) is 0 Å². The van der Waals surface area contributed by atoms with Gasteiger partial charge in [-0.25, -0.2) is 4.79 Å². The van der Waals surface area contributed by atoms with Crippen molar-refractivity contribution in [3.63, 3.8) is 0 Å². The molecule has 1 aliphatic rings. The number of hydrogen-bond acceptors (Lipinski definition) is 7. The minimum Gasteiger partial charge on any atom is -0.469 e. The van der Waals surface area contributed by atoms with Crippen LogP contribution in [0.1, 0.15) is 11.1 Å². The van der Waals surface area contributed by atoms with Gasteiger partial charge in [-0.15, -0.1) is 0 Å². The lowest BCUT2D eigenvalue weighted by Gasteiger charge is -2.24. The van der Waals surface area contributed by atoms with Gasteiger partial charge in [-0.3, -0.25) is 4.79 Å². The van der Waals surface area contributed by atoms with Crippen molar-refractivity contribution in [2.45, 2.75) is 37.6 Å². The van der Waals surface area contributed by atoms with Gasteiger partial charge in [0.1, 0.15) is 6.10 Å². The number of benzene rings is 2. The fourth-order valence-electron chi connectivity index (χ4n) is 3.11. The Balaban J connectivity index is 1.82. The minimum atomic E-state index is -1.39. The summed E-state index contributed by atoms with van der Waals surface area (Å²) in [7, 11) is 1.15. The molecule has 2 aromatic carbocycles. The van der Waals surface area contributed by atoms with Crippen LogP contribution in [-0.2, 0) is 41.8 Å². The molecule has 1 aliphatic heterocycles. The predicted molar refractivity (Wildman–Crippen MR) is 105 cm³/mol. The van der Waals surface area contributed by atoms with Gasteiger partial charge in [0, 0.05) is 4.91 Å². The van der Waals surface area contributed by atoms with E-state index in [-0.39, 0.29) is 13.2 Å². The molecule has 156 valence electrons. The topological polar surface area (TPSA) is 120 Å². The Morgan fingerprint density at radius 1 is 1.07 bits per heavy atom. The number of esters is 2. The molecule has 0 unspecified atom stereocenters. The van der Waals surface area contributed by atoms with Crippen molar-refractivity contribution in [1.82, 2.24) is 0 Å². The average Bonchev–Trinajstić information content (AvgIpc) is 3.10. The summed E-state index contributed by atoms with van der Waals surface area (Å²) in [5.41, 5.74) is 10.6. The second-order valence-corrected chi connectivity index (χ2v) is 6.55. The summed E-state index contributed by atoms with van der Waals surface area (Å²) in [5.74, 6) is -1.53. The first-order chi connectivity index (χ1) is 14.6. The molecule has 0 N–H and O–H groups in total. The second-order valence-electron chi connectivity index (χ2n) is 6.55. The molecule has 30 heavy (non-hydrogen) atoms. The van der Waals surface area contributed by atoms with Gasteiger partial charge in [-0.1, -0.05) is 65.8 Å². The molecule has 0 bridgehead atoms. The van der Waals surface area contributed by atoms with Gasteiger partial charge >= 0.3 is 11.9 Å². The van der Waals surface area contributed by atoms with Gasteiger partial charge in [0.05, 0.1) is 20.3 Å². The summed E-state index contributed by atoms with van der Waals surface area (Å²) in [6.45, 7) is 0.289. The lowest BCUT2D eigenvalue weighted by atomic mass is 10.0. The Morgan fingerprint density at radius 2 is 1.63 bits per heavy atom. The number of carbonyl (C=O) groups is 2. The number of methoxy groups -OCH3 is 1. The molecule has 9 heteroatoms. The molecule has 0 spiro atoms. The van der Waals surface area contributed by atoms with Crippen LogP contribution in [-0.4, -0.2) is 43.4 Å². The normalized spacial score (nSPS) is 21.4. The molecule has 3 rings (SSSR count). The van der Waals surface area contributed by atoms with Crippen LogP contribution in [0, 0.1) is 0 Å². The van der Waals surface area contributed by atoms with Crippen LogP contribution in [0.4, 0.5) is 0 Å². The van der Waals surface area contributed by atoms with E-state index in [9.17, 15) is 9.59 Å². The fraction of sp³-hybridized carbons (Fsp3) is 0.333. The number of azide groups is 1. The van der Waals surface area contributed by atoms with Crippen LogP contribution < -0.4 is 0 Å². The number of hydrogen-bond donors (Lipinski definition) is 0. The van der Waals surface area contributed by atoms with Crippen molar-refractivity contribution in [2.24, 2.45) is 5.11 Å². The number of ether oxygens (including phenoxy) is 4. The highest BCUT2D eigenvalue weighted by molar-refractivity contribution is 5.82. The zero-order chi connectivity index (χ0) is 21.3. The molecule has 0 saturated carbocycles. The first-order valence-corrected chi connectivity index (χ1v) is 9.27. The van der Waals surface area contributed by atoms with E-state index in [0.29, 0.717) is 0 Å². The Hall–Kier alpha value is -3.39. The van der Waals surface area contributed by atoms with Gasteiger partial charge in [0.2, 0.25) is 0 Å². The van der Waals surface area contributed by atoms with Gasteiger partial charge in [0.15, 0.2) is 18.2 Å². The van der Waals surface area contributed by atoms with Gasteiger partial charge in [0.25, 0.3) is 0 Å². The molecular formula is C21H21N3O6. The zero-order valence-electron chi connectivity index (χ0n) is 16.3. The lowest BCUT2D eigenvalue weighted by Crippen LogP contribution is -2.44. The summed E-state index contributed by atoms with van der Waals surface area (Å²) in [6.07, 6.45) is -3.25. The fourth-order valence-corrected chi connectivity index (χ4v) is 3.11. The van der Waals surface area contributed by atoms with Crippen molar-refractivity contribution < 1.29 is 28.5 Å². The van der Waals surface area contributed by atoms with Gasteiger partial charge in [-0.2, -0.15) is 0 Å². The van der Waals surface area contributed by atoms with Crippen molar-refractivity contribution in [2.75, 3.05) is 7.11 Å². The van der Waals surface area contributed by atoms with Crippen molar-refractivity contribution in [3.8, 4) is 0 Å². The van der Waals surface area contributed by atoms with Crippen LogP contribution in [0.2, 0.25) is 0 Å². The second kappa shape index (κ2) is 10.4. The van der Waals surface area contributed by atoms with Crippen molar-refractivity contribution >= 4 is 11.9 Å². The van der Waals surface area contributed by atoms with E-state index < -0.39 is 36.3 Å². The summed E-state index contributed by atoms with van der Waals surface area (Å²) in [5, 5.41) is 3.46. The standard InChI is InChI=1S/C21H21N3O6/c1-27-20(25)16(23-24-22)17-18(28-12-14-8-4-2-5-9-14)19(21(26)30-17)29-13-15-10-6-3-7-11-15/h2-11,16-19H,12-13H2,1H3/t16-,17-,18-,19+/m0/s1. The van der Waals surface area contributed by atoms with Crippen molar-refractivity contribution in [1.29, 1.82) is 0 Å². The predicted octanol–water partition coefficient (Wildman–Crippen LogP) is 2.93. The highest BCUT2D eigenvalue weighted by Gasteiger charge is 2.52. The van der Waals surface area contributed by atoms with E-state index in [4.69, 9.17) is 24.5 Å². The Kier molecular flexibility index (Phi) is 7.40. The van der Waals surface area contributed by atoms with E-state index in [0.717, 1.165) is 18.2 Å². The molecule has 1 saturated heterocycles. The molecule has 0 radical (unpaired) electrons. The third kappa shape index (κ3) is 5.15. The van der Waals surface area contributed by atoms with Crippen LogP contribution in [0.25, 0.3) is 10.4 Å². The Labute approximate surface area is 173 Å². The zero-order valence-corrected chi connectivity index (χ0v) is 16.3. The molecule has 1 fully saturated rings.